The van der Waals surface area contributed by atoms with E-state index in [0.717, 1.165) is 53.3 Å². The van der Waals surface area contributed by atoms with Crippen molar-refractivity contribution in [3.63, 3.8) is 0 Å². The molecule has 2 aromatic heterocycles. The Kier molecular flexibility index (Phi) is 6.11. The summed E-state index contributed by atoms with van der Waals surface area (Å²) < 4.78 is 0. The van der Waals surface area contributed by atoms with Gasteiger partial charge < -0.3 is 9.88 Å². The van der Waals surface area contributed by atoms with Gasteiger partial charge in [0.2, 0.25) is 5.91 Å². The molecule has 31 heavy (non-hydrogen) atoms. The molecule has 0 spiro atoms. The first-order valence-electron chi connectivity index (χ1n) is 10.9. The Labute approximate surface area is 189 Å². The van der Waals surface area contributed by atoms with Crippen molar-refractivity contribution >= 4 is 39.2 Å². The van der Waals surface area contributed by atoms with Gasteiger partial charge in [-0.2, -0.15) is 0 Å². The Morgan fingerprint density at radius 2 is 1.87 bits per heavy atom. The largest absolute Gasteiger partial charge is 0.339 e. The number of hydrogen-bond donors (Lipinski definition) is 1. The van der Waals surface area contributed by atoms with Crippen LogP contribution in [0.15, 0.2) is 40.0 Å². The van der Waals surface area contributed by atoms with E-state index in [4.69, 9.17) is 4.98 Å². The number of aromatic amines is 1. The van der Waals surface area contributed by atoms with Gasteiger partial charge in [0.15, 0.2) is 0 Å². The van der Waals surface area contributed by atoms with E-state index in [1.54, 1.807) is 23.1 Å². The maximum atomic E-state index is 12.7. The molecule has 1 aromatic carbocycles. The van der Waals surface area contributed by atoms with E-state index in [1.165, 1.54) is 16.9 Å². The normalized spacial score (nSPS) is 17.1. The fourth-order valence-electron chi connectivity index (χ4n) is 4.40. The van der Waals surface area contributed by atoms with Crippen molar-refractivity contribution in [2.24, 2.45) is 0 Å². The van der Waals surface area contributed by atoms with Crippen LogP contribution in [0, 0.1) is 0 Å². The van der Waals surface area contributed by atoms with Gasteiger partial charge in [-0.3, -0.25) is 14.5 Å². The maximum absolute atomic E-state index is 12.7. The monoisotopic (exact) mass is 454 g/mol. The van der Waals surface area contributed by atoms with Gasteiger partial charge in [-0.05, 0) is 43.4 Å². The van der Waals surface area contributed by atoms with Crippen molar-refractivity contribution in [2.45, 2.75) is 37.1 Å². The average Bonchev–Trinajstić information content (AvgIpc) is 3.17. The van der Waals surface area contributed by atoms with Gasteiger partial charge in [-0.1, -0.05) is 18.2 Å². The number of aryl methyl sites for hydroxylation is 2. The Morgan fingerprint density at radius 3 is 2.68 bits per heavy atom. The van der Waals surface area contributed by atoms with E-state index >= 15 is 0 Å². The minimum atomic E-state index is 0.00569. The van der Waals surface area contributed by atoms with Crippen molar-refractivity contribution in [3.05, 3.63) is 57.0 Å². The number of hydrogen-bond acceptors (Lipinski definition) is 6. The number of piperazine rings is 1. The number of thiophene rings is 1. The second-order valence-corrected chi connectivity index (χ2v) is 10.3. The molecule has 0 unspecified atom stereocenters. The molecule has 0 saturated carbocycles. The number of nitrogens with zero attached hydrogens (tertiary/aromatic N) is 3. The minimum Gasteiger partial charge on any atom is -0.339 e. The van der Waals surface area contributed by atoms with Crippen LogP contribution < -0.4 is 5.56 Å². The number of fused-ring (bicyclic) bond motifs is 3. The summed E-state index contributed by atoms with van der Waals surface area (Å²) in [5.74, 6) is 1.39. The van der Waals surface area contributed by atoms with Crippen molar-refractivity contribution in [1.29, 1.82) is 0 Å². The smallest absolute Gasteiger partial charge is 0.259 e. The summed E-state index contributed by atoms with van der Waals surface area (Å²) in [5, 5.41) is 0.815. The van der Waals surface area contributed by atoms with Crippen LogP contribution in [0.1, 0.15) is 29.1 Å². The number of H-pyrrole nitrogens is 1. The highest BCUT2D eigenvalue weighted by Crippen LogP contribution is 2.33. The van der Waals surface area contributed by atoms with E-state index in [9.17, 15) is 9.59 Å². The van der Waals surface area contributed by atoms with E-state index in [-0.39, 0.29) is 11.5 Å². The van der Waals surface area contributed by atoms with Crippen LogP contribution in [0.25, 0.3) is 10.2 Å². The number of rotatable bonds is 5. The minimum absolute atomic E-state index is 0.00569. The lowest BCUT2D eigenvalue weighted by atomic mass is 9.97. The first-order chi connectivity index (χ1) is 15.2. The Balaban J connectivity index is 1.18. The molecule has 0 bridgehead atoms. The predicted octanol–water partition coefficient (Wildman–Crippen LogP) is 3.30. The number of carbonyl (C=O) groups is 1. The molecule has 162 valence electrons. The highest BCUT2D eigenvalue weighted by molar-refractivity contribution is 8.00. The summed E-state index contributed by atoms with van der Waals surface area (Å²) in [6, 6.07) is 10.0. The second-order valence-electron chi connectivity index (χ2n) is 8.16. The molecule has 3 aromatic rings. The van der Waals surface area contributed by atoms with Gasteiger partial charge in [-0.15, -0.1) is 23.1 Å². The Bertz CT molecular complexity index is 1130. The molecule has 3 heterocycles. The second kappa shape index (κ2) is 9.14. The molecular formula is C23H26N4O2S2. The van der Waals surface area contributed by atoms with Crippen molar-refractivity contribution in [3.8, 4) is 0 Å². The van der Waals surface area contributed by atoms with E-state index < -0.39 is 0 Å². The van der Waals surface area contributed by atoms with Crippen LogP contribution in [0.2, 0.25) is 0 Å². The highest BCUT2D eigenvalue weighted by Gasteiger charge is 2.23. The molecule has 1 saturated heterocycles. The lowest BCUT2D eigenvalue weighted by Gasteiger charge is -2.34. The van der Waals surface area contributed by atoms with Gasteiger partial charge in [0.25, 0.3) is 5.56 Å². The van der Waals surface area contributed by atoms with Crippen LogP contribution in [0.4, 0.5) is 0 Å². The van der Waals surface area contributed by atoms with Gasteiger partial charge in [0.05, 0.1) is 17.7 Å². The third kappa shape index (κ3) is 4.56. The van der Waals surface area contributed by atoms with E-state index in [0.29, 0.717) is 25.4 Å². The van der Waals surface area contributed by atoms with Crippen molar-refractivity contribution in [2.75, 3.05) is 31.9 Å². The molecule has 6 nitrogen and oxygen atoms in total. The molecule has 8 heteroatoms. The zero-order valence-corrected chi connectivity index (χ0v) is 19.1. The highest BCUT2D eigenvalue weighted by atomic mass is 32.2. The molecule has 1 N–H and O–H groups in total. The summed E-state index contributed by atoms with van der Waals surface area (Å²) in [6.45, 7) is 3.64. The molecule has 1 amide bonds. The molecule has 1 aliphatic heterocycles. The molecule has 1 aliphatic carbocycles. The van der Waals surface area contributed by atoms with Crippen LogP contribution >= 0.6 is 23.1 Å². The SMILES string of the molecule is O=C(CSc1ccccc1)N1CCN(Cc2nc3sc4c(c3c(=O)[nH]2)CCCC4)CC1. The standard InChI is InChI=1S/C23H26N4O2S2/c28-20(15-30-16-6-2-1-3-7-16)27-12-10-26(11-13-27)14-19-24-22(29)21-17-8-4-5-9-18(17)31-23(21)25-19/h1-3,6-7H,4-5,8-15H2,(H,24,25,29). The first-order valence-corrected chi connectivity index (χ1v) is 12.7. The third-order valence-electron chi connectivity index (χ3n) is 6.08. The first kappa shape index (κ1) is 20.7. The number of carbonyl (C=O) groups excluding carboxylic acids is 1. The van der Waals surface area contributed by atoms with Crippen LogP contribution in [-0.4, -0.2) is 57.6 Å². The number of nitrogens with one attached hydrogen (secondary N) is 1. The van der Waals surface area contributed by atoms with E-state index in [1.807, 2.05) is 35.2 Å². The number of amides is 1. The zero-order chi connectivity index (χ0) is 21.2. The fraction of sp³-hybridized carbons (Fsp3) is 0.435. The Morgan fingerprint density at radius 1 is 1.10 bits per heavy atom. The summed E-state index contributed by atoms with van der Waals surface area (Å²) in [4.78, 5) is 40.7. The van der Waals surface area contributed by atoms with Gasteiger partial charge >= 0.3 is 0 Å². The van der Waals surface area contributed by atoms with Crippen LogP contribution in [0.5, 0.6) is 0 Å². The number of benzene rings is 1. The van der Waals surface area contributed by atoms with Gasteiger partial charge in [0.1, 0.15) is 10.7 Å². The summed E-state index contributed by atoms with van der Waals surface area (Å²) in [6.07, 6.45) is 4.44. The van der Waals surface area contributed by atoms with E-state index in [2.05, 4.69) is 9.88 Å². The number of aromatic nitrogens is 2. The topological polar surface area (TPSA) is 69.3 Å². The van der Waals surface area contributed by atoms with Crippen LogP contribution in [-0.2, 0) is 24.2 Å². The van der Waals surface area contributed by atoms with Gasteiger partial charge in [0, 0.05) is 36.0 Å². The molecule has 5 rings (SSSR count). The maximum Gasteiger partial charge on any atom is 0.259 e. The lowest BCUT2D eigenvalue weighted by molar-refractivity contribution is -0.130. The third-order valence-corrected chi connectivity index (χ3v) is 8.26. The van der Waals surface area contributed by atoms with Crippen LogP contribution in [0.3, 0.4) is 0 Å². The quantitative estimate of drug-likeness (QED) is 0.599. The summed E-state index contributed by atoms with van der Waals surface area (Å²) >= 11 is 3.28. The summed E-state index contributed by atoms with van der Waals surface area (Å²) in [5.41, 5.74) is 1.23. The average molecular weight is 455 g/mol. The number of thioether (sulfide) groups is 1. The Hall–Kier alpha value is -2.16. The summed E-state index contributed by atoms with van der Waals surface area (Å²) in [7, 11) is 0. The zero-order valence-electron chi connectivity index (χ0n) is 17.4. The van der Waals surface area contributed by atoms with Gasteiger partial charge in [-0.25, -0.2) is 4.98 Å². The van der Waals surface area contributed by atoms with Crippen molar-refractivity contribution < 1.29 is 4.79 Å². The molecular weight excluding hydrogens is 428 g/mol. The molecule has 0 atom stereocenters. The predicted molar refractivity (Wildman–Crippen MR) is 126 cm³/mol. The lowest BCUT2D eigenvalue weighted by Crippen LogP contribution is -2.49. The molecule has 2 aliphatic rings. The molecule has 0 radical (unpaired) electrons. The van der Waals surface area contributed by atoms with Crippen molar-refractivity contribution in [1.82, 2.24) is 19.8 Å². The fourth-order valence-corrected chi connectivity index (χ4v) is 6.51. The molecule has 1 fully saturated rings.